The lowest BCUT2D eigenvalue weighted by molar-refractivity contribution is -0.124. The quantitative estimate of drug-likeness (QED) is 0.868. The molecule has 1 aromatic rings. The van der Waals surface area contributed by atoms with E-state index in [0.29, 0.717) is 6.10 Å². The van der Waals surface area contributed by atoms with Crippen LogP contribution in [0.5, 0.6) is 0 Å². The lowest BCUT2D eigenvalue weighted by atomic mass is 9.74. The molecule has 0 aliphatic carbocycles. The van der Waals surface area contributed by atoms with Crippen LogP contribution in [0.15, 0.2) is 17.5 Å². The maximum absolute atomic E-state index is 11.8. The van der Waals surface area contributed by atoms with Crippen LogP contribution in [0.4, 0.5) is 0 Å². The molecule has 0 radical (unpaired) electrons. The topological polar surface area (TPSA) is 41.6 Å². The molecule has 0 saturated carbocycles. The van der Waals surface area contributed by atoms with Crippen molar-refractivity contribution in [3.8, 4) is 0 Å². The van der Waals surface area contributed by atoms with Crippen molar-refractivity contribution in [2.45, 2.75) is 45.8 Å². The first-order chi connectivity index (χ1) is 11.1. The zero-order valence-corrected chi connectivity index (χ0v) is 15.0. The van der Waals surface area contributed by atoms with E-state index < -0.39 is 0 Å². The number of likely N-dealkylation sites (tertiary alicyclic amines) is 1. The van der Waals surface area contributed by atoms with E-state index in [-0.39, 0.29) is 17.2 Å². The van der Waals surface area contributed by atoms with Gasteiger partial charge in [0.2, 0.25) is 5.91 Å². The van der Waals surface area contributed by atoms with Crippen molar-refractivity contribution in [1.82, 2.24) is 10.2 Å². The van der Waals surface area contributed by atoms with Gasteiger partial charge in [-0.1, -0.05) is 19.9 Å². The van der Waals surface area contributed by atoms with E-state index in [4.69, 9.17) is 4.74 Å². The van der Waals surface area contributed by atoms with Crippen LogP contribution in [0.2, 0.25) is 0 Å². The van der Waals surface area contributed by atoms with Crippen molar-refractivity contribution in [1.29, 1.82) is 0 Å². The standard InChI is InChI=1S/C18H28N2O2S/c1-14(2)17(21)19-8-6-18-7-10-22-16(18)5-9-20(13-18)12-15-4-3-11-23-15/h3-4,11,14,16H,5-10,12-13H2,1-2H3,(H,19,21)/t16-,18+/m0/s1. The third-order valence-corrected chi connectivity index (χ3v) is 6.12. The minimum Gasteiger partial charge on any atom is -0.378 e. The van der Waals surface area contributed by atoms with Crippen molar-refractivity contribution in [3.63, 3.8) is 0 Å². The second-order valence-corrected chi connectivity index (χ2v) is 8.28. The Morgan fingerprint density at radius 1 is 1.57 bits per heavy atom. The van der Waals surface area contributed by atoms with E-state index in [1.54, 1.807) is 0 Å². The van der Waals surface area contributed by atoms with E-state index in [2.05, 4.69) is 27.7 Å². The second kappa shape index (κ2) is 7.32. The molecule has 4 nitrogen and oxygen atoms in total. The molecule has 0 bridgehead atoms. The summed E-state index contributed by atoms with van der Waals surface area (Å²) in [7, 11) is 0. The fourth-order valence-corrected chi connectivity index (χ4v) is 4.64. The maximum Gasteiger partial charge on any atom is 0.222 e. The second-order valence-electron chi connectivity index (χ2n) is 7.25. The van der Waals surface area contributed by atoms with Gasteiger partial charge < -0.3 is 10.1 Å². The third kappa shape index (κ3) is 3.95. The number of amides is 1. The molecule has 2 aliphatic rings. The number of carbonyl (C=O) groups is 1. The number of hydrogen-bond acceptors (Lipinski definition) is 4. The first-order valence-electron chi connectivity index (χ1n) is 8.73. The summed E-state index contributed by atoms with van der Waals surface area (Å²) < 4.78 is 6.01. The van der Waals surface area contributed by atoms with Crippen LogP contribution in [-0.2, 0) is 16.1 Å². The van der Waals surface area contributed by atoms with Crippen molar-refractivity contribution in [2.24, 2.45) is 11.3 Å². The molecule has 2 saturated heterocycles. The third-order valence-electron chi connectivity index (χ3n) is 5.25. The van der Waals surface area contributed by atoms with Gasteiger partial charge in [0.25, 0.3) is 0 Å². The number of hydrogen-bond donors (Lipinski definition) is 1. The molecule has 1 amide bonds. The van der Waals surface area contributed by atoms with Gasteiger partial charge in [0.1, 0.15) is 0 Å². The Morgan fingerprint density at radius 3 is 3.17 bits per heavy atom. The van der Waals surface area contributed by atoms with E-state index >= 15 is 0 Å². The minimum atomic E-state index is 0.0600. The maximum atomic E-state index is 11.8. The molecule has 1 aromatic heterocycles. The highest BCUT2D eigenvalue weighted by Crippen LogP contribution is 2.43. The molecule has 2 fully saturated rings. The van der Waals surface area contributed by atoms with Crippen molar-refractivity contribution >= 4 is 17.2 Å². The van der Waals surface area contributed by atoms with Crippen LogP contribution in [0.25, 0.3) is 0 Å². The van der Waals surface area contributed by atoms with Crippen molar-refractivity contribution in [3.05, 3.63) is 22.4 Å². The summed E-state index contributed by atoms with van der Waals surface area (Å²) in [6.45, 7) is 8.77. The van der Waals surface area contributed by atoms with Gasteiger partial charge in [-0.3, -0.25) is 9.69 Å². The molecular formula is C18H28N2O2S. The Morgan fingerprint density at radius 2 is 2.43 bits per heavy atom. The Hall–Kier alpha value is -0.910. The number of ether oxygens (including phenoxy) is 1. The summed E-state index contributed by atoms with van der Waals surface area (Å²) in [4.78, 5) is 15.8. The van der Waals surface area contributed by atoms with Gasteiger partial charge in [-0.25, -0.2) is 0 Å². The summed E-state index contributed by atoms with van der Waals surface area (Å²) >= 11 is 1.84. The lowest BCUT2D eigenvalue weighted by Gasteiger charge is -2.44. The van der Waals surface area contributed by atoms with Crippen molar-refractivity contribution in [2.75, 3.05) is 26.2 Å². The highest BCUT2D eigenvalue weighted by Gasteiger charge is 2.47. The molecule has 23 heavy (non-hydrogen) atoms. The summed E-state index contributed by atoms with van der Waals surface area (Å²) in [5, 5.41) is 5.24. The summed E-state index contributed by atoms with van der Waals surface area (Å²) in [5.41, 5.74) is 0.222. The van der Waals surface area contributed by atoms with Crippen molar-refractivity contribution < 1.29 is 9.53 Å². The Kier molecular flexibility index (Phi) is 5.39. The average Bonchev–Trinajstić information content (AvgIpc) is 3.16. The fourth-order valence-electron chi connectivity index (χ4n) is 3.90. The van der Waals surface area contributed by atoms with E-state index in [9.17, 15) is 4.79 Å². The summed E-state index contributed by atoms with van der Waals surface area (Å²) in [6, 6.07) is 4.35. The number of thiophene rings is 1. The van der Waals surface area contributed by atoms with Gasteiger partial charge in [-0.05, 0) is 30.7 Å². The molecule has 128 valence electrons. The lowest BCUT2D eigenvalue weighted by Crippen LogP contribution is -2.50. The van der Waals surface area contributed by atoms with Crippen LogP contribution in [0.3, 0.4) is 0 Å². The van der Waals surface area contributed by atoms with E-state index in [1.165, 1.54) is 4.88 Å². The molecule has 0 spiro atoms. The van der Waals surface area contributed by atoms with Gasteiger partial charge >= 0.3 is 0 Å². The predicted octanol–water partition coefficient (Wildman–Crippen LogP) is 2.89. The number of fused-ring (bicyclic) bond motifs is 1. The van der Waals surface area contributed by atoms with Crippen LogP contribution < -0.4 is 5.32 Å². The zero-order chi connectivity index (χ0) is 16.3. The van der Waals surface area contributed by atoms with Crippen LogP contribution >= 0.6 is 11.3 Å². The highest BCUT2D eigenvalue weighted by atomic mass is 32.1. The van der Waals surface area contributed by atoms with E-state index in [1.807, 2.05) is 25.2 Å². The highest BCUT2D eigenvalue weighted by molar-refractivity contribution is 7.09. The number of nitrogens with one attached hydrogen (secondary N) is 1. The summed E-state index contributed by atoms with van der Waals surface area (Å²) in [6.07, 6.45) is 3.63. The van der Waals surface area contributed by atoms with Gasteiger partial charge in [0, 0.05) is 49.0 Å². The molecule has 3 heterocycles. The smallest absolute Gasteiger partial charge is 0.222 e. The van der Waals surface area contributed by atoms with E-state index in [0.717, 1.165) is 52.0 Å². The SMILES string of the molecule is CC(C)C(=O)NCC[C@]12CCO[C@H]1CCN(Cc1cccs1)C2. The molecular weight excluding hydrogens is 308 g/mol. The average molecular weight is 337 g/mol. The molecule has 2 aliphatic heterocycles. The zero-order valence-electron chi connectivity index (χ0n) is 14.2. The molecule has 5 heteroatoms. The molecule has 0 aromatic carbocycles. The van der Waals surface area contributed by atoms with Gasteiger partial charge in [-0.15, -0.1) is 11.3 Å². The molecule has 3 rings (SSSR count). The Labute approximate surface area is 143 Å². The first kappa shape index (κ1) is 16.9. The predicted molar refractivity (Wildman–Crippen MR) is 93.5 cm³/mol. The normalized spacial score (nSPS) is 28.0. The number of nitrogens with zero attached hydrogens (tertiary/aromatic N) is 1. The monoisotopic (exact) mass is 336 g/mol. The molecule has 0 unspecified atom stereocenters. The van der Waals surface area contributed by atoms with Gasteiger partial charge in [0.15, 0.2) is 0 Å². The first-order valence-corrected chi connectivity index (χ1v) is 9.61. The summed E-state index contributed by atoms with van der Waals surface area (Å²) in [5.74, 6) is 0.216. The van der Waals surface area contributed by atoms with Crippen LogP contribution in [-0.4, -0.2) is 43.2 Å². The number of rotatable bonds is 6. The number of piperidine rings is 1. The largest absolute Gasteiger partial charge is 0.378 e. The van der Waals surface area contributed by atoms with Crippen LogP contribution in [0.1, 0.15) is 38.0 Å². The minimum absolute atomic E-state index is 0.0600. The fraction of sp³-hybridized carbons (Fsp3) is 0.722. The Bertz CT molecular complexity index is 517. The van der Waals surface area contributed by atoms with Gasteiger partial charge in [0.05, 0.1) is 6.10 Å². The number of carbonyl (C=O) groups excluding carboxylic acids is 1. The molecule has 2 atom stereocenters. The Balaban J connectivity index is 1.58. The van der Waals surface area contributed by atoms with Crippen LogP contribution in [0, 0.1) is 11.3 Å². The molecule has 1 N–H and O–H groups in total. The van der Waals surface area contributed by atoms with Gasteiger partial charge in [-0.2, -0.15) is 0 Å².